The summed E-state index contributed by atoms with van der Waals surface area (Å²) in [5, 5.41) is 3.51. The van der Waals surface area contributed by atoms with Gasteiger partial charge in [0.1, 0.15) is 0 Å². The topological polar surface area (TPSA) is 21.3 Å². The fraction of sp³-hybridized carbons (Fsp3) is 0.684. The van der Waals surface area contributed by atoms with Crippen molar-refractivity contribution in [2.45, 2.75) is 78.2 Å². The van der Waals surface area contributed by atoms with Gasteiger partial charge < -0.3 is 10.1 Å². The van der Waals surface area contributed by atoms with Gasteiger partial charge in [-0.15, -0.1) is 0 Å². The smallest absolute Gasteiger partial charge is 0.0720 e. The second-order valence-corrected chi connectivity index (χ2v) is 7.62. The molecule has 1 aromatic carbocycles. The number of nitrogens with one attached hydrogen (secondary N) is 1. The minimum absolute atomic E-state index is 0.166. The van der Waals surface area contributed by atoms with E-state index in [9.17, 15) is 0 Å². The van der Waals surface area contributed by atoms with Gasteiger partial charge in [-0.25, -0.2) is 0 Å². The molecular weight excluding hydrogens is 258 g/mol. The Labute approximate surface area is 130 Å². The first-order valence-electron chi connectivity index (χ1n) is 8.37. The quantitative estimate of drug-likeness (QED) is 0.850. The standard InChI is InChI=1S/C19H31NO/c1-15-6-5-7-18(12-15)21-14-17-10-8-16(9-11-17)13-20-19(2,3)4/h8-11,15,18,20H,5-7,12-14H2,1-4H3. The molecule has 1 aliphatic rings. The van der Waals surface area contributed by atoms with E-state index in [0.717, 1.165) is 19.1 Å². The van der Waals surface area contributed by atoms with Crippen molar-refractivity contribution >= 4 is 0 Å². The summed E-state index contributed by atoms with van der Waals surface area (Å²) in [5.74, 6) is 0.828. The highest BCUT2D eigenvalue weighted by Gasteiger charge is 2.19. The molecule has 0 aliphatic heterocycles. The lowest BCUT2D eigenvalue weighted by atomic mass is 9.89. The average molecular weight is 289 g/mol. The summed E-state index contributed by atoms with van der Waals surface area (Å²) >= 11 is 0. The summed E-state index contributed by atoms with van der Waals surface area (Å²) in [6.07, 6.45) is 5.63. The number of benzene rings is 1. The molecule has 0 aromatic heterocycles. The van der Waals surface area contributed by atoms with Crippen LogP contribution in [0.4, 0.5) is 0 Å². The van der Waals surface area contributed by atoms with Crippen LogP contribution in [0.2, 0.25) is 0 Å². The first-order chi connectivity index (χ1) is 9.92. The molecule has 118 valence electrons. The van der Waals surface area contributed by atoms with Crippen LogP contribution >= 0.6 is 0 Å². The maximum absolute atomic E-state index is 6.08. The molecule has 21 heavy (non-hydrogen) atoms. The molecule has 2 heteroatoms. The molecule has 1 aromatic rings. The number of hydrogen-bond acceptors (Lipinski definition) is 2. The molecule has 1 aliphatic carbocycles. The molecule has 1 N–H and O–H groups in total. The Balaban J connectivity index is 1.77. The van der Waals surface area contributed by atoms with E-state index in [0.29, 0.717) is 6.10 Å². The summed E-state index contributed by atoms with van der Waals surface area (Å²) in [7, 11) is 0. The van der Waals surface area contributed by atoms with Crippen LogP contribution in [-0.4, -0.2) is 11.6 Å². The predicted octanol–water partition coefficient (Wildman–Crippen LogP) is 4.67. The second-order valence-electron chi connectivity index (χ2n) is 7.62. The molecule has 0 saturated heterocycles. The molecule has 0 heterocycles. The number of hydrogen-bond donors (Lipinski definition) is 1. The second kappa shape index (κ2) is 7.42. The van der Waals surface area contributed by atoms with E-state index in [4.69, 9.17) is 4.74 Å². The van der Waals surface area contributed by atoms with Crippen LogP contribution in [-0.2, 0) is 17.9 Å². The zero-order valence-corrected chi connectivity index (χ0v) is 14.1. The molecule has 2 nitrogen and oxygen atoms in total. The lowest BCUT2D eigenvalue weighted by Gasteiger charge is -2.26. The maximum atomic E-state index is 6.08. The van der Waals surface area contributed by atoms with Gasteiger partial charge in [-0.05, 0) is 50.7 Å². The maximum Gasteiger partial charge on any atom is 0.0720 e. The van der Waals surface area contributed by atoms with Gasteiger partial charge in [0.2, 0.25) is 0 Å². The summed E-state index contributed by atoms with van der Waals surface area (Å²) in [6, 6.07) is 8.82. The van der Waals surface area contributed by atoms with Crippen molar-refractivity contribution in [3.05, 3.63) is 35.4 Å². The van der Waals surface area contributed by atoms with E-state index in [2.05, 4.69) is 57.3 Å². The van der Waals surface area contributed by atoms with Gasteiger partial charge in [-0.3, -0.25) is 0 Å². The third-order valence-electron chi connectivity index (χ3n) is 4.22. The Morgan fingerprint density at radius 3 is 2.38 bits per heavy atom. The van der Waals surface area contributed by atoms with Crippen LogP contribution < -0.4 is 5.32 Å². The third-order valence-corrected chi connectivity index (χ3v) is 4.22. The van der Waals surface area contributed by atoms with Gasteiger partial charge in [0, 0.05) is 12.1 Å². The Kier molecular flexibility index (Phi) is 5.83. The molecule has 2 atom stereocenters. The van der Waals surface area contributed by atoms with Crippen LogP contribution in [0, 0.1) is 5.92 Å². The van der Waals surface area contributed by atoms with E-state index in [1.165, 1.54) is 36.8 Å². The highest BCUT2D eigenvalue weighted by molar-refractivity contribution is 5.22. The molecule has 2 rings (SSSR count). The highest BCUT2D eigenvalue weighted by Crippen LogP contribution is 2.26. The van der Waals surface area contributed by atoms with Gasteiger partial charge in [0.25, 0.3) is 0 Å². The van der Waals surface area contributed by atoms with Crippen molar-refractivity contribution < 1.29 is 4.74 Å². The average Bonchev–Trinajstić information content (AvgIpc) is 2.43. The van der Waals surface area contributed by atoms with E-state index >= 15 is 0 Å². The summed E-state index contributed by atoms with van der Waals surface area (Å²) in [6.45, 7) is 10.6. The SMILES string of the molecule is CC1CCCC(OCc2ccc(CNC(C)(C)C)cc2)C1. The zero-order chi connectivity index (χ0) is 15.3. The van der Waals surface area contributed by atoms with Crippen LogP contribution in [0.3, 0.4) is 0 Å². The van der Waals surface area contributed by atoms with E-state index < -0.39 is 0 Å². The normalized spacial score (nSPS) is 23.2. The Morgan fingerprint density at radius 2 is 1.76 bits per heavy atom. The predicted molar refractivity (Wildman–Crippen MR) is 89.2 cm³/mol. The summed E-state index contributed by atoms with van der Waals surface area (Å²) < 4.78 is 6.08. The van der Waals surface area contributed by atoms with Crippen LogP contribution in [0.15, 0.2) is 24.3 Å². The summed E-state index contributed by atoms with van der Waals surface area (Å²) in [5.41, 5.74) is 2.78. The van der Waals surface area contributed by atoms with Gasteiger partial charge in [0.05, 0.1) is 12.7 Å². The molecule has 1 fully saturated rings. The van der Waals surface area contributed by atoms with Gasteiger partial charge in [-0.2, -0.15) is 0 Å². The Hall–Kier alpha value is -0.860. The largest absolute Gasteiger partial charge is 0.374 e. The highest BCUT2D eigenvalue weighted by atomic mass is 16.5. The van der Waals surface area contributed by atoms with Crippen molar-refractivity contribution in [2.75, 3.05) is 0 Å². The summed E-state index contributed by atoms with van der Waals surface area (Å²) in [4.78, 5) is 0. The van der Waals surface area contributed by atoms with Gasteiger partial charge in [-0.1, -0.05) is 44.0 Å². The first kappa shape index (κ1) is 16.5. The van der Waals surface area contributed by atoms with Gasteiger partial charge >= 0.3 is 0 Å². The molecule has 0 bridgehead atoms. The van der Waals surface area contributed by atoms with E-state index in [1.807, 2.05) is 0 Å². The molecule has 2 unspecified atom stereocenters. The molecule has 1 saturated carbocycles. The fourth-order valence-electron chi connectivity index (χ4n) is 2.86. The molecule has 0 radical (unpaired) electrons. The first-order valence-corrected chi connectivity index (χ1v) is 8.37. The van der Waals surface area contributed by atoms with Crippen molar-refractivity contribution in [3.63, 3.8) is 0 Å². The van der Waals surface area contributed by atoms with Crippen LogP contribution in [0.1, 0.15) is 64.5 Å². The lowest BCUT2D eigenvalue weighted by Crippen LogP contribution is -2.35. The van der Waals surface area contributed by atoms with Crippen molar-refractivity contribution in [1.29, 1.82) is 0 Å². The zero-order valence-electron chi connectivity index (χ0n) is 14.1. The Morgan fingerprint density at radius 1 is 1.10 bits per heavy atom. The van der Waals surface area contributed by atoms with Crippen molar-refractivity contribution in [2.24, 2.45) is 5.92 Å². The number of ether oxygens (including phenoxy) is 1. The number of rotatable bonds is 5. The minimum atomic E-state index is 0.166. The van der Waals surface area contributed by atoms with Crippen molar-refractivity contribution in [3.8, 4) is 0 Å². The van der Waals surface area contributed by atoms with Gasteiger partial charge in [0.15, 0.2) is 0 Å². The molecular formula is C19H31NO. The Bertz CT molecular complexity index is 418. The third kappa shape index (κ3) is 6.19. The van der Waals surface area contributed by atoms with E-state index in [-0.39, 0.29) is 5.54 Å². The van der Waals surface area contributed by atoms with Crippen molar-refractivity contribution in [1.82, 2.24) is 5.32 Å². The van der Waals surface area contributed by atoms with Crippen LogP contribution in [0.25, 0.3) is 0 Å². The fourth-order valence-corrected chi connectivity index (χ4v) is 2.86. The minimum Gasteiger partial charge on any atom is -0.374 e. The molecule has 0 spiro atoms. The van der Waals surface area contributed by atoms with E-state index in [1.54, 1.807) is 0 Å². The van der Waals surface area contributed by atoms with Crippen LogP contribution in [0.5, 0.6) is 0 Å². The monoisotopic (exact) mass is 289 g/mol. The molecule has 0 amide bonds. The lowest BCUT2D eigenvalue weighted by molar-refractivity contribution is 0.00466.